The van der Waals surface area contributed by atoms with Gasteiger partial charge in [0.25, 0.3) is 5.91 Å². The molecule has 0 aliphatic heterocycles. The first-order valence-electron chi connectivity index (χ1n) is 9.77. The average Bonchev–Trinajstić information content (AvgIpc) is 3.22. The Morgan fingerprint density at radius 3 is 2.79 bits per heavy atom. The lowest BCUT2D eigenvalue weighted by Crippen LogP contribution is -2.13. The Morgan fingerprint density at radius 2 is 2.09 bits per heavy atom. The Morgan fingerprint density at radius 1 is 1.29 bits per heavy atom. The predicted molar refractivity (Wildman–Crippen MR) is 128 cm³/mol. The van der Waals surface area contributed by atoms with Gasteiger partial charge in [0.1, 0.15) is 24.0 Å². The summed E-state index contributed by atoms with van der Waals surface area (Å²) >= 11 is 4.47. The van der Waals surface area contributed by atoms with Crippen LogP contribution in [0.2, 0.25) is 0 Å². The molecule has 2 aromatic carbocycles. The van der Waals surface area contributed by atoms with Crippen LogP contribution in [-0.2, 0) is 17.4 Å². The fraction of sp³-hybridized carbons (Fsp3) is 0.125. The first-order valence-corrected chi connectivity index (χ1v) is 11.4. The lowest BCUT2D eigenvalue weighted by Gasteiger charge is -2.08. The third-order valence-corrected chi connectivity index (χ3v) is 5.81. The number of aromatic nitrogens is 1. The zero-order valence-corrected chi connectivity index (χ0v) is 19.9. The summed E-state index contributed by atoms with van der Waals surface area (Å²) in [5, 5.41) is 12.3. The molecule has 0 aliphatic rings. The number of alkyl halides is 3. The summed E-state index contributed by atoms with van der Waals surface area (Å²) in [5.41, 5.74) is 0.0926. The van der Waals surface area contributed by atoms with E-state index in [-0.39, 0.29) is 23.7 Å². The third kappa shape index (κ3) is 6.79. The van der Waals surface area contributed by atoms with Crippen molar-refractivity contribution in [1.29, 1.82) is 5.26 Å². The molecule has 1 heterocycles. The van der Waals surface area contributed by atoms with Crippen molar-refractivity contribution in [2.45, 2.75) is 12.6 Å². The predicted octanol–water partition coefficient (Wildman–Crippen LogP) is 6.63. The van der Waals surface area contributed by atoms with Crippen molar-refractivity contribution in [3.63, 3.8) is 0 Å². The monoisotopic (exact) mass is 547 g/mol. The second-order valence-corrected chi connectivity index (χ2v) is 8.94. The number of rotatable bonds is 8. The Hall–Kier alpha value is -3.42. The van der Waals surface area contributed by atoms with Gasteiger partial charge in [-0.25, -0.2) is 4.98 Å². The summed E-state index contributed by atoms with van der Waals surface area (Å²) in [7, 11) is 0. The third-order valence-electron chi connectivity index (χ3n) is 4.40. The summed E-state index contributed by atoms with van der Waals surface area (Å²) in [4.78, 5) is 17.4. The maximum absolute atomic E-state index is 12.9. The quantitative estimate of drug-likeness (QED) is 0.195. The van der Waals surface area contributed by atoms with Crippen molar-refractivity contribution in [3.8, 4) is 11.8 Å². The highest BCUT2D eigenvalue weighted by atomic mass is 79.9. The van der Waals surface area contributed by atoms with Crippen molar-refractivity contribution in [2.75, 3.05) is 11.9 Å². The number of nitrogens with one attached hydrogen (secondary N) is 1. The van der Waals surface area contributed by atoms with Gasteiger partial charge in [-0.05, 0) is 35.9 Å². The number of anilines is 1. The number of carbonyl (C=O) groups excluding carboxylic acids is 1. The smallest absolute Gasteiger partial charge is 0.416 e. The van der Waals surface area contributed by atoms with E-state index in [1.54, 1.807) is 30.3 Å². The Balaban J connectivity index is 1.74. The maximum atomic E-state index is 12.9. The van der Waals surface area contributed by atoms with Crippen LogP contribution in [0.4, 0.5) is 18.3 Å². The molecule has 0 unspecified atom stereocenters. The van der Waals surface area contributed by atoms with Crippen LogP contribution >= 0.6 is 27.3 Å². The molecule has 1 amide bonds. The molecule has 5 nitrogen and oxygen atoms in total. The molecular formula is C24H17BrF3N3O2S. The van der Waals surface area contributed by atoms with E-state index < -0.39 is 17.6 Å². The van der Waals surface area contributed by atoms with Gasteiger partial charge < -0.3 is 4.74 Å². The van der Waals surface area contributed by atoms with Crippen LogP contribution in [0.5, 0.6) is 5.75 Å². The van der Waals surface area contributed by atoms with Gasteiger partial charge in [0.15, 0.2) is 5.13 Å². The molecule has 0 aliphatic carbocycles. The molecule has 0 saturated carbocycles. The standard InChI is InChI=1S/C24H17BrF3N3O2S/c1-2-8-33-21-7-6-19(25)12-16(21)11-17(13-29)22(32)31-23-30-14-20(34-23)10-15-4-3-5-18(9-15)24(26,27)28/h2-7,9,11-12,14H,1,8,10H2,(H,30,31,32). The Kier molecular flexibility index (Phi) is 8.26. The molecule has 10 heteroatoms. The molecular weight excluding hydrogens is 531 g/mol. The van der Waals surface area contributed by atoms with E-state index in [1.807, 2.05) is 6.07 Å². The number of hydrogen-bond acceptors (Lipinski definition) is 5. The van der Waals surface area contributed by atoms with Gasteiger partial charge in [0, 0.05) is 27.5 Å². The largest absolute Gasteiger partial charge is 0.489 e. The van der Waals surface area contributed by atoms with E-state index in [0.717, 1.165) is 27.9 Å². The van der Waals surface area contributed by atoms with Gasteiger partial charge in [-0.2, -0.15) is 18.4 Å². The molecule has 1 N–H and O–H groups in total. The summed E-state index contributed by atoms with van der Waals surface area (Å²) in [6.45, 7) is 3.85. The number of halogens is 4. The second-order valence-electron chi connectivity index (χ2n) is 6.91. The van der Waals surface area contributed by atoms with Crippen LogP contribution in [0.1, 0.15) is 21.6 Å². The van der Waals surface area contributed by atoms with E-state index in [2.05, 4.69) is 32.8 Å². The number of benzene rings is 2. The molecule has 1 aromatic heterocycles. The lowest BCUT2D eigenvalue weighted by molar-refractivity contribution is -0.137. The van der Waals surface area contributed by atoms with Gasteiger partial charge in [-0.1, -0.05) is 46.8 Å². The molecule has 3 aromatic rings. The van der Waals surface area contributed by atoms with Crippen molar-refractivity contribution in [3.05, 3.63) is 92.9 Å². The highest BCUT2D eigenvalue weighted by molar-refractivity contribution is 9.10. The van der Waals surface area contributed by atoms with Gasteiger partial charge in [0.05, 0.1) is 5.56 Å². The molecule has 0 fully saturated rings. The number of nitrogens with zero attached hydrogens (tertiary/aromatic N) is 2. The van der Waals surface area contributed by atoms with Crippen molar-refractivity contribution in [1.82, 2.24) is 4.98 Å². The van der Waals surface area contributed by atoms with E-state index in [1.165, 1.54) is 18.3 Å². The number of thiazole rings is 1. The fourth-order valence-corrected chi connectivity index (χ4v) is 4.11. The van der Waals surface area contributed by atoms with Gasteiger partial charge in [-0.15, -0.1) is 11.3 Å². The molecule has 0 atom stereocenters. The molecule has 0 bridgehead atoms. The minimum atomic E-state index is -4.42. The summed E-state index contributed by atoms with van der Waals surface area (Å²) in [6.07, 6.45) is 0.253. The highest BCUT2D eigenvalue weighted by Gasteiger charge is 2.30. The van der Waals surface area contributed by atoms with E-state index >= 15 is 0 Å². The minimum absolute atomic E-state index is 0.170. The van der Waals surface area contributed by atoms with Crippen LogP contribution < -0.4 is 10.1 Å². The zero-order valence-electron chi connectivity index (χ0n) is 17.5. The number of amides is 1. The lowest BCUT2D eigenvalue weighted by atomic mass is 10.1. The Bertz CT molecular complexity index is 1280. The number of hydrogen-bond donors (Lipinski definition) is 1. The molecule has 34 heavy (non-hydrogen) atoms. The summed E-state index contributed by atoms with van der Waals surface area (Å²) < 4.78 is 45.1. The fourth-order valence-electron chi connectivity index (χ4n) is 2.89. The van der Waals surface area contributed by atoms with E-state index in [9.17, 15) is 23.2 Å². The van der Waals surface area contributed by atoms with Crippen LogP contribution in [0.15, 0.2) is 71.4 Å². The molecule has 3 rings (SSSR count). The molecule has 174 valence electrons. The SMILES string of the molecule is C=CCOc1ccc(Br)cc1C=C(C#N)C(=O)Nc1ncc(Cc2cccc(C(F)(F)F)c2)s1. The Labute approximate surface area is 206 Å². The topological polar surface area (TPSA) is 75.0 Å². The van der Waals surface area contributed by atoms with E-state index in [0.29, 0.717) is 21.8 Å². The number of nitriles is 1. The first-order chi connectivity index (χ1) is 16.2. The summed E-state index contributed by atoms with van der Waals surface area (Å²) in [5.74, 6) is -0.196. The summed E-state index contributed by atoms with van der Waals surface area (Å²) in [6, 6.07) is 12.1. The highest BCUT2D eigenvalue weighted by Crippen LogP contribution is 2.31. The van der Waals surface area contributed by atoms with Gasteiger partial charge in [-0.3, -0.25) is 10.1 Å². The van der Waals surface area contributed by atoms with E-state index in [4.69, 9.17) is 4.74 Å². The number of ether oxygens (including phenoxy) is 1. The molecule has 0 saturated heterocycles. The van der Waals surface area contributed by atoms with Crippen molar-refractivity contribution < 1.29 is 22.7 Å². The van der Waals surface area contributed by atoms with Crippen LogP contribution in [-0.4, -0.2) is 17.5 Å². The van der Waals surface area contributed by atoms with Gasteiger partial charge in [0.2, 0.25) is 0 Å². The number of carbonyl (C=O) groups is 1. The van der Waals surface area contributed by atoms with Crippen LogP contribution in [0, 0.1) is 11.3 Å². The van der Waals surface area contributed by atoms with Crippen molar-refractivity contribution in [2.24, 2.45) is 0 Å². The maximum Gasteiger partial charge on any atom is 0.416 e. The average molecular weight is 548 g/mol. The minimum Gasteiger partial charge on any atom is -0.489 e. The van der Waals surface area contributed by atoms with Crippen LogP contribution in [0.25, 0.3) is 6.08 Å². The normalized spacial score (nSPS) is 11.6. The second kappa shape index (κ2) is 11.1. The van der Waals surface area contributed by atoms with Crippen LogP contribution in [0.3, 0.4) is 0 Å². The molecule has 0 radical (unpaired) electrons. The van der Waals surface area contributed by atoms with Crippen molar-refractivity contribution >= 4 is 44.4 Å². The zero-order chi connectivity index (χ0) is 24.7. The molecule has 0 spiro atoms. The first kappa shape index (κ1) is 25.2. The van der Waals surface area contributed by atoms with Gasteiger partial charge >= 0.3 is 6.18 Å².